The Morgan fingerprint density at radius 2 is 1.52 bits per heavy atom. The van der Waals surface area contributed by atoms with Crippen LogP contribution < -0.4 is 14.9 Å². The van der Waals surface area contributed by atoms with E-state index in [9.17, 15) is 43.6 Å². The molecule has 20 heteroatoms. The SMILES string of the molecule is O=C(NS(=O)(=O)c1ccc(NC(CCN2CCOCC2)CSc2ccccc2)c(S(=O)(=O)C(F)(F)F)c1)c1ccc(N2CCN(CC3=C(c4ccc(Cl)cc4)CCC4(C3)CC4(F)F)CC2)cc1. The van der Waals surface area contributed by atoms with Crippen LogP contribution in [0.5, 0.6) is 0 Å². The number of halogens is 6. The molecule has 0 radical (unpaired) electrons. The van der Waals surface area contributed by atoms with Gasteiger partial charge in [0.1, 0.15) is 4.90 Å². The maximum atomic E-state index is 14.6. The number of hydrogen-bond donors (Lipinski definition) is 2. The van der Waals surface area contributed by atoms with E-state index in [0.717, 1.165) is 39.4 Å². The van der Waals surface area contributed by atoms with Crippen molar-refractivity contribution >= 4 is 66.1 Å². The molecular weight excluding hydrogens is 957 g/mol. The molecule has 0 aromatic heterocycles. The van der Waals surface area contributed by atoms with Crippen LogP contribution >= 0.6 is 23.4 Å². The molecule has 4 aromatic rings. The lowest BCUT2D eigenvalue weighted by Crippen LogP contribution is -2.47. The van der Waals surface area contributed by atoms with Gasteiger partial charge in [0.25, 0.3) is 31.7 Å². The first-order chi connectivity index (χ1) is 31.8. The number of benzene rings is 4. The first-order valence-corrected chi connectivity index (χ1v) is 26.3. The lowest BCUT2D eigenvalue weighted by Gasteiger charge is -2.38. The van der Waals surface area contributed by atoms with Crippen LogP contribution in [-0.2, 0) is 24.6 Å². The van der Waals surface area contributed by atoms with Crippen molar-refractivity contribution < 1.29 is 48.3 Å². The van der Waals surface area contributed by atoms with Crippen LogP contribution in [0.15, 0.2) is 117 Å². The molecule has 1 saturated carbocycles. The highest BCUT2D eigenvalue weighted by Crippen LogP contribution is 2.68. The van der Waals surface area contributed by atoms with E-state index < -0.39 is 64.1 Å². The zero-order valence-corrected chi connectivity index (χ0v) is 39.6. The zero-order valence-electron chi connectivity index (χ0n) is 36.4. The summed E-state index contributed by atoms with van der Waals surface area (Å²) in [5.41, 5.74) is -3.36. The average Bonchev–Trinajstić information content (AvgIpc) is 3.84. The van der Waals surface area contributed by atoms with Gasteiger partial charge >= 0.3 is 5.51 Å². The zero-order chi connectivity index (χ0) is 47.6. The van der Waals surface area contributed by atoms with Gasteiger partial charge in [0.15, 0.2) is 0 Å². The molecule has 2 aliphatic carbocycles. The topological polar surface area (TPSA) is 128 Å². The van der Waals surface area contributed by atoms with Crippen molar-refractivity contribution in [1.29, 1.82) is 0 Å². The summed E-state index contributed by atoms with van der Waals surface area (Å²) >= 11 is 7.57. The highest BCUT2D eigenvalue weighted by molar-refractivity contribution is 7.99. The molecule has 1 spiro atoms. The van der Waals surface area contributed by atoms with Gasteiger partial charge in [-0.3, -0.25) is 14.6 Å². The van der Waals surface area contributed by atoms with Crippen LogP contribution in [-0.4, -0.2) is 121 Å². The molecule has 4 aliphatic rings. The van der Waals surface area contributed by atoms with Crippen LogP contribution in [0, 0.1) is 5.41 Å². The van der Waals surface area contributed by atoms with Crippen LogP contribution in [0.4, 0.5) is 33.3 Å². The lowest BCUT2D eigenvalue weighted by atomic mass is 9.78. The van der Waals surface area contributed by atoms with Crippen molar-refractivity contribution in [3.8, 4) is 0 Å². The Labute approximate surface area is 397 Å². The van der Waals surface area contributed by atoms with E-state index >= 15 is 0 Å². The van der Waals surface area contributed by atoms with Gasteiger partial charge in [-0.15, -0.1) is 11.8 Å². The Bertz CT molecular complexity index is 2670. The van der Waals surface area contributed by atoms with Gasteiger partial charge in [-0.2, -0.15) is 13.2 Å². The number of nitrogens with zero attached hydrogens (tertiary/aromatic N) is 3. The maximum Gasteiger partial charge on any atom is 0.501 e. The second-order valence-corrected chi connectivity index (χ2v) is 22.6. The molecule has 3 fully saturated rings. The summed E-state index contributed by atoms with van der Waals surface area (Å²) in [6.07, 6.45) is 1.70. The predicted octanol–water partition coefficient (Wildman–Crippen LogP) is 8.83. The van der Waals surface area contributed by atoms with Crippen LogP contribution in [0.3, 0.4) is 0 Å². The van der Waals surface area contributed by atoms with Crippen molar-refractivity contribution in [3.63, 3.8) is 0 Å². The average molecular weight is 1010 g/mol. The molecule has 2 aliphatic heterocycles. The van der Waals surface area contributed by atoms with Gasteiger partial charge in [0.2, 0.25) is 0 Å². The molecule has 8 rings (SSSR count). The number of amides is 1. The lowest BCUT2D eigenvalue weighted by molar-refractivity contribution is -0.0436. The number of sulfone groups is 1. The molecule has 67 heavy (non-hydrogen) atoms. The molecule has 360 valence electrons. The number of ether oxygens (including phenoxy) is 1. The van der Waals surface area contributed by atoms with Gasteiger partial charge in [-0.05, 0) is 104 Å². The number of thioether (sulfide) groups is 1. The molecule has 2 atom stereocenters. The van der Waals surface area contributed by atoms with E-state index in [0.29, 0.717) is 108 Å². The Morgan fingerprint density at radius 3 is 2.16 bits per heavy atom. The summed E-state index contributed by atoms with van der Waals surface area (Å²) < 4.78 is 132. The highest BCUT2D eigenvalue weighted by atomic mass is 35.5. The summed E-state index contributed by atoms with van der Waals surface area (Å²) in [6.45, 7) is 5.98. The van der Waals surface area contributed by atoms with Crippen molar-refractivity contribution in [2.45, 2.75) is 64.3 Å². The third-order valence-electron chi connectivity index (χ3n) is 13.1. The monoisotopic (exact) mass is 1010 g/mol. The van der Waals surface area contributed by atoms with E-state index in [1.807, 2.05) is 59.3 Å². The molecule has 2 heterocycles. The van der Waals surface area contributed by atoms with Gasteiger partial charge in [0, 0.05) is 97.2 Å². The second kappa shape index (κ2) is 20.0. The molecular formula is C47H51ClF5N5O6S3. The Morgan fingerprint density at radius 1 is 0.851 bits per heavy atom. The van der Waals surface area contributed by atoms with Gasteiger partial charge in [-0.25, -0.2) is 30.3 Å². The van der Waals surface area contributed by atoms with Crippen molar-refractivity contribution in [1.82, 2.24) is 14.5 Å². The minimum absolute atomic E-state index is 0.0591. The Hall–Kier alpha value is -4.24. The van der Waals surface area contributed by atoms with Crippen LogP contribution in [0.2, 0.25) is 5.02 Å². The number of allylic oxidation sites excluding steroid dienone is 1. The number of nitrogens with one attached hydrogen (secondary N) is 2. The van der Waals surface area contributed by atoms with Crippen molar-refractivity contribution in [2.24, 2.45) is 5.41 Å². The van der Waals surface area contributed by atoms with Gasteiger partial charge < -0.3 is 15.0 Å². The number of piperazine rings is 1. The fourth-order valence-corrected chi connectivity index (χ4v) is 12.2. The van der Waals surface area contributed by atoms with Crippen molar-refractivity contribution in [2.75, 3.05) is 81.5 Å². The predicted molar refractivity (Wildman–Crippen MR) is 250 cm³/mol. The number of carbonyl (C=O) groups excluding carboxylic acids is 1. The number of hydrogen-bond acceptors (Lipinski definition) is 11. The Balaban J connectivity index is 0.928. The summed E-state index contributed by atoms with van der Waals surface area (Å²) in [5.74, 6) is -3.38. The molecule has 1 amide bonds. The first kappa shape index (κ1) is 49.2. The second-order valence-electron chi connectivity index (χ2n) is 17.5. The molecule has 0 bridgehead atoms. The fourth-order valence-electron chi connectivity index (χ4n) is 9.07. The standard InChI is InChI=1S/C47H51ClF5N5O6S3/c48-36-10-6-33(7-11-36)41-16-18-45(32-46(45,49)50)29-35(41)30-57-20-22-58(23-21-57)38-12-8-34(9-13-38)44(59)55-67(62,63)40-14-15-42(43(28-40)66(60,61)47(51,52)53)54-37(17-19-56-24-26-64-27-25-56)31-65-39-4-2-1-3-5-39/h1-15,28,37,54H,16-27,29-32H2,(H,55,59). The first-order valence-electron chi connectivity index (χ1n) is 22.0. The quantitative estimate of drug-likeness (QED) is 0.0826. The van der Waals surface area contributed by atoms with E-state index in [4.69, 9.17) is 16.3 Å². The number of morpholine rings is 1. The normalized spacial score (nSPS) is 21.0. The van der Waals surface area contributed by atoms with Gasteiger partial charge in [-0.1, -0.05) is 47.5 Å². The Kier molecular flexibility index (Phi) is 14.7. The summed E-state index contributed by atoms with van der Waals surface area (Å²) in [5, 5.41) is 3.58. The fraction of sp³-hybridized carbons (Fsp3) is 0.426. The largest absolute Gasteiger partial charge is 0.501 e. The molecule has 4 aromatic carbocycles. The minimum atomic E-state index is -6.08. The number of alkyl halides is 5. The van der Waals surface area contributed by atoms with Gasteiger partial charge in [0.05, 0.1) is 23.8 Å². The van der Waals surface area contributed by atoms with Crippen LogP contribution in [0.25, 0.3) is 5.57 Å². The number of anilines is 2. The third-order valence-corrected chi connectivity index (χ3v) is 17.3. The molecule has 11 nitrogen and oxygen atoms in total. The number of rotatable bonds is 16. The smallest absolute Gasteiger partial charge is 0.380 e. The maximum absolute atomic E-state index is 14.6. The molecule has 2 saturated heterocycles. The molecule has 2 unspecified atom stereocenters. The van der Waals surface area contributed by atoms with Crippen LogP contribution in [0.1, 0.15) is 48.0 Å². The van der Waals surface area contributed by atoms with E-state index in [-0.39, 0.29) is 12.0 Å². The van der Waals surface area contributed by atoms with Crippen molar-refractivity contribution in [3.05, 3.63) is 119 Å². The minimum Gasteiger partial charge on any atom is -0.380 e. The number of sulfonamides is 1. The summed E-state index contributed by atoms with van der Waals surface area (Å²) in [7, 11) is -11.0. The number of carbonyl (C=O) groups is 1. The van der Waals surface area contributed by atoms with E-state index in [2.05, 4.69) is 20.0 Å². The highest BCUT2D eigenvalue weighted by Gasteiger charge is 2.70. The molecule has 2 N–H and O–H groups in total. The summed E-state index contributed by atoms with van der Waals surface area (Å²) in [6, 6.07) is 24.8. The van der Waals surface area contributed by atoms with E-state index in [1.54, 1.807) is 12.1 Å². The van der Waals surface area contributed by atoms with E-state index in [1.165, 1.54) is 23.9 Å². The third kappa shape index (κ3) is 11.5. The summed E-state index contributed by atoms with van der Waals surface area (Å²) in [4.78, 5) is 18.6.